The molecule has 0 aromatic heterocycles. The molecule has 3 nitrogen and oxygen atoms in total. The van der Waals surface area contributed by atoms with E-state index in [1.807, 2.05) is 18.2 Å². The number of rotatable bonds is 2. The summed E-state index contributed by atoms with van der Waals surface area (Å²) >= 11 is 0. The second-order valence-corrected chi connectivity index (χ2v) is 5.78. The van der Waals surface area contributed by atoms with Crippen LogP contribution in [0.2, 0.25) is 0 Å². The molecule has 1 aromatic rings. The van der Waals surface area contributed by atoms with Gasteiger partial charge in [0.1, 0.15) is 6.04 Å². The summed E-state index contributed by atoms with van der Waals surface area (Å²) in [5, 5.41) is 0. The smallest absolute Gasteiger partial charge is 0.323 e. The van der Waals surface area contributed by atoms with E-state index in [2.05, 4.69) is 37.8 Å². The zero-order valence-electron chi connectivity index (χ0n) is 11.5. The Balaban J connectivity index is 2.23. The van der Waals surface area contributed by atoms with Crippen molar-refractivity contribution in [3.8, 4) is 0 Å². The average molecular weight is 247 g/mol. The Morgan fingerprint density at radius 1 is 1.28 bits per heavy atom. The van der Waals surface area contributed by atoms with E-state index in [1.54, 1.807) is 0 Å². The van der Waals surface area contributed by atoms with E-state index < -0.39 is 0 Å². The van der Waals surface area contributed by atoms with E-state index >= 15 is 0 Å². The van der Waals surface area contributed by atoms with Gasteiger partial charge >= 0.3 is 5.97 Å². The number of methoxy groups -OCH3 is 1. The number of hydrogen-bond acceptors (Lipinski definition) is 3. The summed E-state index contributed by atoms with van der Waals surface area (Å²) in [4.78, 5) is 14.0. The maximum Gasteiger partial charge on any atom is 0.323 e. The van der Waals surface area contributed by atoms with Crippen LogP contribution in [0.5, 0.6) is 0 Å². The number of carbonyl (C=O) groups excluding carboxylic acids is 1. The molecule has 1 heterocycles. The van der Waals surface area contributed by atoms with Crippen LogP contribution in [0, 0.1) is 0 Å². The van der Waals surface area contributed by atoms with E-state index in [0.29, 0.717) is 6.04 Å². The standard InChI is InChI=1S/C15H21NO2/c1-15(2,3)16-12(10-13(16)14(17)18-4)11-8-6-5-7-9-11/h5-9,12-13H,10H2,1-4H3. The minimum atomic E-state index is -0.128. The highest BCUT2D eigenvalue weighted by molar-refractivity contribution is 5.77. The zero-order valence-corrected chi connectivity index (χ0v) is 11.5. The van der Waals surface area contributed by atoms with Crippen LogP contribution in [0.3, 0.4) is 0 Å². The number of likely N-dealkylation sites (tertiary alicyclic amines) is 1. The molecule has 1 fully saturated rings. The van der Waals surface area contributed by atoms with Gasteiger partial charge in [-0.2, -0.15) is 0 Å². The Bertz CT molecular complexity index is 422. The van der Waals surface area contributed by atoms with Gasteiger partial charge in [-0.25, -0.2) is 0 Å². The third kappa shape index (κ3) is 2.27. The molecular weight excluding hydrogens is 226 g/mol. The van der Waals surface area contributed by atoms with Crippen molar-refractivity contribution in [2.45, 2.75) is 44.8 Å². The fourth-order valence-electron chi connectivity index (χ4n) is 2.77. The Morgan fingerprint density at radius 3 is 2.39 bits per heavy atom. The van der Waals surface area contributed by atoms with E-state index in [9.17, 15) is 4.79 Å². The second kappa shape index (κ2) is 4.73. The minimum Gasteiger partial charge on any atom is -0.468 e. The zero-order chi connectivity index (χ0) is 13.3. The molecule has 2 rings (SSSR count). The van der Waals surface area contributed by atoms with E-state index in [1.165, 1.54) is 12.7 Å². The molecule has 0 spiro atoms. The molecule has 2 atom stereocenters. The molecule has 0 saturated carbocycles. The Hall–Kier alpha value is -1.35. The number of benzene rings is 1. The lowest BCUT2D eigenvalue weighted by molar-refractivity contribution is -0.163. The second-order valence-electron chi connectivity index (χ2n) is 5.78. The molecule has 1 aliphatic heterocycles. The predicted octanol–water partition coefficient (Wildman–Crippen LogP) is 2.77. The number of nitrogens with zero attached hydrogens (tertiary/aromatic N) is 1. The topological polar surface area (TPSA) is 29.5 Å². The first-order valence-corrected chi connectivity index (χ1v) is 6.36. The van der Waals surface area contributed by atoms with Crippen LogP contribution in [-0.4, -0.2) is 29.6 Å². The van der Waals surface area contributed by atoms with Crippen molar-refractivity contribution in [3.63, 3.8) is 0 Å². The van der Waals surface area contributed by atoms with Gasteiger partial charge in [0.2, 0.25) is 0 Å². The molecule has 0 N–H and O–H groups in total. The van der Waals surface area contributed by atoms with Crippen LogP contribution < -0.4 is 0 Å². The van der Waals surface area contributed by atoms with E-state index in [4.69, 9.17) is 4.74 Å². The SMILES string of the molecule is COC(=O)C1CC(c2ccccc2)N1C(C)(C)C. The monoisotopic (exact) mass is 247 g/mol. The van der Waals surface area contributed by atoms with Gasteiger partial charge in [0.15, 0.2) is 0 Å². The van der Waals surface area contributed by atoms with Gasteiger partial charge in [-0.3, -0.25) is 9.69 Å². The van der Waals surface area contributed by atoms with Crippen molar-refractivity contribution in [1.29, 1.82) is 0 Å². The minimum absolute atomic E-state index is 0.0440. The molecule has 3 heteroatoms. The quantitative estimate of drug-likeness (QED) is 0.753. The summed E-state index contributed by atoms with van der Waals surface area (Å²) in [5.74, 6) is -0.128. The van der Waals surface area contributed by atoms with Gasteiger partial charge in [-0.1, -0.05) is 30.3 Å². The fraction of sp³-hybridized carbons (Fsp3) is 0.533. The lowest BCUT2D eigenvalue weighted by Gasteiger charge is -2.54. The first kappa shape index (κ1) is 13.1. The Kier molecular flexibility index (Phi) is 3.44. The average Bonchev–Trinajstić information content (AvgIpc) is 2.26. The summed E-state index contributed by atoms with van der Waals surface area (Å²) in [5.41, 5.74) is 1.23. The van der Waals surface area contributed by atoms with Crippen LogP contribution in [0.1, 0.15) is 38.8 Å². The lowest BCUT2D eigenvalue weighted by Crippen LogP contribution is -2.61. The maximum atomic E-state index is 11.8. The molecule has 1 saturated heterocycles. The molecule has 0 amide bonds. The first-order chi connectivity index (χ1) is 8.45. The number of ether oxygens (including phenoxy) is 1. The maximum absolute atomic E-state index is 11.8. The third-order valence-corrected chi connectivity index (χ3v) is 3.55. The predicted molar refractivity (Wildman–Crippen MR) is 71.2 cm³/mol. The van der Waals surface area contributed by atoms with Crippen molar-refractivity contribution in [2.24, 2.45) is 0 Å². The van der Waals surface area contributed by atoms with Gasteiger partial charge < -0.3 is 4.74 Å². The third-order valence-electron chi connectivity index (χ3n) is 3.55. The van der Waals surface area contributed by atoms with E-state index in [-0.39, 0.29) is 17.6 Å². The highest BCUT2D eigenvalue weighted by Gasteiger charge is 2.49. The Morgan fingerprint density at radius 2 is 1.89 bits per heavy atom. The van der Waals surface area contributed by atoms with Crippen molar-refractivity contribution >= 4 is 5.97 Å². The van der Waals surface area contributed by atoms with Crippen molar-refractivity contribution in [3.05, 3.63) is 35.9 Å². The summed E-state index contributed by atoms with van der Waals surface area (Å²) in [6, 6.07) is 10.5. The molecule has 1 aliphatic rings. The van der Waals surface area contributed by atoms with Crippen LogP contribution in [0.25, 0.3) is 0 Å². The summed E-state index contributed by atoms with van der Waals surface area (Å²) in [6.45, 7) is 6.41. The molecule has 18 heavy (non-hydrogen) atoms. The number of esters is 1. The van der Waals surface area contributed by atoms with Crippen LogP contribution in [0.4, 0.5) is 0 Å². The number of carbonyl (C=O) groups is 1. The Labute approximate surface area is 109 Å². The number of hydrogen-bond donors (Lipinski definition) is 0. The fourth-order valence-corrected chi connectivity index (χ4v) is 2.77. The molecule has 0 radical (unpaired) electrons. The van der Waals surface area contributed by atoms with Crippen molar-refractivity contribution in [1.82, 2.24) is 4.90 Å². The van der Waals surface area contributed by atoms with Crippen molar-refractivity contribution in [2.75, 3.05) is 7.11 Å². The van der Waals surface area contributed by atoms with Gasteiger partial charge in [-0.15, -0.1) is 0 Å². The largest absolute Gasteiger partial charge is 0.468 e. The summed E-state index contributed by atoms with van der Waals surface area (Å²) in [6.07, 6.45) is 0.841. The van der Waals surface area contributed by atoms with Gasteiger partial charge in [-0.05, 0) is 32.8 Å². The highest BCUT2D eigenvalue weighted by Crippen LogP contribution is 2.44. The van der Waals surface area contributed by atoms with Gasteiger partial charge in [0.05, 0.1) is 7.11 Å². The molecule has 2 unspecified atom stereocenters. The molecule has 0 aliphatic carbocycles. The normalized spacial score (nSPS) is 24.4. The molecule has 1 aromatic carbocycles. The molecule has 0 bridgehead atoms. The first-order valence-electron chi connectivity index (χ1n) is 6.36. The lowest BCUT2D eigenvalue weighted by atomic mass is 9.82. The van der Waals surface area contributed by atoms with Crippen LogP contribution in [-0.2, 0) is 9.53 Å². The molecular formula is C15H21NO2. The van der Waals surface area contributed by atoms with Gasteiger partial charge in [0, 0.05) is 11.6 Å². The van der Waals surface area contributed by atoms with Crippen LogP contribution >= 0.6 is 0 Å². The van der Waals surface area contributed by atoms with Gasteiger partial charge in [0.25, 0.3) is 0 Å². The van der Waals surface area contributed by atoms with Crippen molar-refractivity contribution < 1.29 is 9.53 Å². The van der Waals surface area contributed by atoms with Crippen LogP contribution in [0.15, 0.2) is 30.3 Å². The highest BCUT2D eigenvalue weighted by atomic mass is 16.5. The summed E-state index contributed by atoms with van der Waals surface area (Å²) in [7, 11) is 1.46. The summed E-state index contributed by atoms with van der Waals surface area (Å²) < 4.78 is 4.88. The van der Waals surface area contributed by atoms with E-state index in [0.717, 1.165) is 6.42 Å². The molecule has 98 valence electrons.